The van der Waals surface area contributed by atoms with E-state index in [1.54, 1.807) is 12.1 Å². The second kappa shape index (κ2) is 4.11. The Morgan fingerprint density at radius 1 is 1.53 bits per heavy atom. The van der Waals surface area contributed by atoms with Gasteiger partial charge in [-0.3, -0.25) is 0 Å². The fraction of sp³-hybridized carbons (Fsp3) is 0.500. The Morgan fingerprint density at radius 3 is 2.73 bits per heavy atom. The van der Waals surface area contributed by atoms with Crippen LogP contribution in [0.15, 0.2) is 18.2 Å². The largest absolute Gasteiger partial charge is 0.370 e. The van der Waals surface area contributed by atoms with Gasteiger partial charge in [0.25, 0.3) is 0 Å². The van der Waals surface area contributed by atoms with Gasteiger partial charge in [0.1, 0.15) is 5.82 Å². The first kappa shape index (κ1) is 10.9. The molecule has 1 aromatic carbocycles. The van der Waals surface area contributed by atoms with E-state index in [0.29, 0.717) is 16.7 Å². The molecule has 1 fully saturated rings. The second-order valence-corrected chi connectivity index (χ2v) is 4.56. The first-order valence-electron chi connectivity index (χ1n) is 5.19. The van der Waals surface area contributed by atoms with Crippen molar-refractivity contribution in [2.75, 3.05) is 0 Å². The van der Waals surface area contributed by atoms with Crippen molar-refractivity contribution in [3.8, 4) is 0 Å². The van der Waals surface area contributed by atoms with Crippen molar-refractivity contribution in [2.24, 2.45) is 0 Å². The summed E-state index contributed by atoms with van der Waals surface area (Å²) in [5, 5.41) is 0.510. The van der Waals surface area contributed by atoms with E-state index in [-0.39, 0.29) is 17.8 Å². The molecular formula is C12H14ClFO. The zero-order chi connectivity index (χ0) is 11.0. The average molecular weight is 229 g/mol. The highest BCUT2D eigenvalue weighted by Gasteiger charge is 2.36. The second-order valence-electron chi connectivity index (χ2n) is 4.15. The lowest BCUT2D eigenvalue weighted by Gasteiger charge is -2.13. The van der Waals surface area contributed by atoms with E-state index in [1.165, 1.54) is 6.07 Å². The van der Waals surface area contributed by atoms with Crippen molar-refractivity contribution in [3.05, 3.63) is 34.6 Å². The van der Waals surface area contributed by atoms with Gasteiger partial charge in [-0.15, -0.1) is 0 Å². The highest BCUT2D eigenvalue weighted by molar-refractivity contribution is 6.31. The van der Waals surface area contributed by atoms with E-state index < -0.39 is 0 Å². The molecule has 15 heavy (non-hydrogen) atoms. The Balaban J connectivity index is 2.13. The quantitative estimate of drug-likeness (QED) is 0.718. The van der Waals surface area contributed by atoms with Crippen molar-refractivity contribution in [3.63, 3.8) is 0 Å². The third-order valence-corrected chi connectivity index (χ3v) is 3.24. The number of hydrogen-bond donors (Lipinski definition) is 0. The predicted octanol–water partition coefficient (Wildman–Crippen LogP) is 3.76. The van der Waals surface area contributed by atoms with E-state index in [9.17, 15) is 4.39 Å². The Kier molecular flexibility index (Phi) is 2.98. The lowest BCUT2D eigenvalue weighted by Crippen LogP contribution is -2.03. The van der Waals surface area contributed by atoms with Crippen LogP contribution in [0.5, 0.6) is 0 Å². The van der Waals surface area contributed by atoms with Crippen LogP contribution >= 0.6 is 11.6 Å². The maximum absolute atomic E-state index is 13.5. The monoisotopic (exact) mass is 228 g/mol. The van der Waals surface area contributed by atoms with Crippen LogP contribution in [0.2, 0.25) is 5.02 Å². The molecule has 3 unspecified atom stereocenters. The summed E-state index contributed by atoms with van der Waals surface area (Å²) in [6, 6.07) is 4.81. The lowest BCUT2D eigenvalue weighted by atomic mass is 9.95. The van der Waals surface area contributed by atoms with Crippen LogP contribution in [0, 0.1) is 5.82 Å². The van der Waals surface area contributed by atoms with Gasteiger partial charge in [-0.25, -0.2) is 4.39 Å². The number of rotatable bonds is 3. The van der Waals surface area contributed by atoms with Gasteiger partial charge in [0.15, 0.2) is 0 Å². The fourth-order valence-corrected chi connectivity index (χ4v) is 2.27. The molecule has 0 radical (unpaired) electrons. The molecule has 0 bridgehead atoms. The molecule has 0 spiro atoms. The number of hydrogen-bond acceptors (Lipinski definition) is 1. The van der Waals surface area contributed by atoms with Gasteiger partial charge < -0.3 is 4.74 Å². The van der Waals surface area contributed by atoms with Crippen LogP contribution in [0.3, 0.4) is 0 Å². The topological polar surface area (TPSA) is 12.5 Å². The molecule has 1 aliphatic rings. The van der Waals surface area contributed by atoms with E-state index >= 15 is 0 Å². The highest BCUT2D eigenvalue weighted by atomic mass is 35.5. The lowest BCUT2D eigenvalue weighted by molar-refractivity contribution is 0.361. The Labute approximate surface area is 94.2 Å². The molecule has 3 heteroatoms. The van der Waals surface area contributed by atoms with Gasteiger partial charge in [0.05, 0.1) is 12.2 Å². The molecule has 1 aliphatic heterocycles. The molecule has 1 saturated heterocycles. The van der Waals surface area contributed by atoms with Crippen molar-refractivity contribution >= 4 is 11.6 Å². The number of epoxide rings is 1. The van der Waals surface area contributed by atoms with Crippen LogP contribution in [-0.2, 0) is 4.74 Å². The van der Waals surface area contributed by atoms with Crippen LogP contribution in [0.25, 0.3) is 0 Å². The highest BCUT2D eigenvalue weighted by Crippen LogP contribution is 2.35. The maximum atomic E-state index is 13.5. The van der Waals surface area contributed by atoms with E-state index in [1.807, 2.05) is 13.8 Å². The van der Waals surface area contributed by atoms with E-state index in [4.69, 9.17) is 16.3 Å². The minimum atomic E-state index is -0.219. The third kappa shape index (κ3) is 2.32. The smallest absolute Gasteiger partial charge is 0.128 e. The van der Waals surface area contributed by atoms with Crippen LogP contribution in [0.4, 0.5) is 4.39 Å². The summed E-state index contributed by atoms with van der Waals surface area (Å²) in [4.78, 5) is 0. The molecule has 0 amide bonds. The molecule has 0 aliphatic carbocycles. The minimum absolute atomic E-state index is 0.105. The molecule has 82 valence electrons. The molecule has 1 heterocycles. The van der Waals surface area contributed by atoms with E-state index in [2.05, 4.69) is 0 Å². The van der Waals surface area contributed by atoms with Crippen LogP contribution in [0.1, 0.15) is 31.7 Å². The zero-order valence-electron chi connectivity index (χ0n) is 8.84. The van der Waals surface area contributed by atoms with Crippen LogP contribution < -0.4 is 0 Å². The minimum Gasteiger partial charge on any atom is -0.370 e. The van der Waals surface area contributed by atoms with E-state index in [0.717, 1.165) is 6.42 Å². The Hall–Kier alpha value is -0.600. The molecule has 0 N–H and O–H groups in total. The van der Waals surface area contributed by atoms with Crippen LogP contribution in [-0.4, -0.2) is 12.2 Å². The number of halogens is 2. The average Bonchev–Trinajstić information content (AvgIpc) is 2.81. The van der Waals surface area contributed by atoms with Crippen molar-refractivity contribution in [2.45, 2.75) is 38.4 Å². The van der Waals surface area contributed by atoms with Gasteiger partial charge in [0.2, 0.25) is 0 Å². The summed E-state index contributed by atoms with van der Waals surface area (Å²) in [6.07, 6.45) is 1.43. The Morgan fingerprint density at radius 2 is 2.20 bits per heavy atom. The summed E-state index contributed by atoms with van der Waals surface area (Å²) in [5.74, 6) is -0.114. The predicted molar refractivity (Wildman–Crippen MR) is 58.8 cm³/mol. The third-order valence-electron chi connectivity index (χ3n) is 2.91. The Bertz CT molecular complexity index is 346. The van der Waals surface area contributed by atoms with Gasteiger partial charge >= 0.3 is 0 Å². The molecule has 0 aromatic heterocycles. The summed E-state index contributed by atoms with van der Waals surface area (Å²) < 4.78 is 18.9. The first-order valence-corrected chi connectivity index (χ1v) is 5.56. The molecule has 1 nitrogen and oxygen atoms in total. The van der Waals surface area contributed by atoms with Crippen molar-refractivity contribution in [1.82, 2.24) is 0 Å². The summed E-state index contributed by atoms with van der Waals surface area (Å²) in [6.45, 7) is 4.01. The normalized spacial score (nSPS) is 26.4. The van der Waals surface area contributed by atoms with Gasteiger partial charge in [0, 0.05) is 10.6 Å². The number of ether oxygens (including phenoxy) is 1. The molecule has 0 saturated carbocycles. The van der Waals surface area contributed by atoms with Gasteiger partial charge in [-0.1, -0.05) is 24.6 Å². The van der Waals surface area contributed by atoms with Gasteiger partial charge in [-0.05, 0) is 31.4 Å². The van der Waals surface area contributed by atoms with Crippen molar-refractivity contribution in [1.29, 1.82) is 0 Å². The maximum Gasteiger partial charge on any atom is 0.128 e. The standard InChI is InChI=1S/C12H14ClFO/c1-7(6-11-8(2)15-11)12-9(13)4-3-5-10(12)14/h3-5,7-8,11H,6H2,1-2H3. The first-order chi connectivity index (χ1) is 7.09. The summed E-state index contributed by atoms with van der Waals surface area (Å²) in [5.41, 5.74) is 0.613. The molecule has 1 aromatic rings. The fourth-order valence-electron chi connectivity index (χ4n) is 1.93. The van der Waals surface area contributed by atoms with Crippen molar-refractivity contribution < 1.29 is 9.13 Å². The molecular weight excluding hydrogens is 215 g/mol. The molecule has 3 atom stereocenters. The SMILES string of the molecule is CC(CC1OC1C)c1c(F)cccc1Cl. The molecule has 2 rings (SSSR count). The summed E-state index contributed by atoms with van der Waals surface area (Å²) in [7, 11) is 0. The zero-order valence-corrected chi connectivity index (χ0v) is 9.59. The summed E-state index contributed by atoms with van der Waals surface area (Å²) >= 11 is 5.98. The number of benzene rings is 1. The van der Waals surface area contributed by atoms with Gasteiger partial charge in [-0.2, -0.15) is 0 Å².